The molecule has 0 saturated heterocycles. The van der Waals surface area contributed by atoms with Crippen LogP contribution in [-0.4, -0.2) is 0 Å². The second-order valence-corrected chi connectivity index (χ2v) is 4.80. The monoisotopic (exact) mass is 224 g/mol. The van der Waals surface area contributed by atoms with Gasteiger partial charge in [-0.2, -0.15) is 4.57 Å². The summed E-state index contributed by atoms with van der Waals surface area (Å²) in [5.74, 6) is 0. The van der Waals surface area contributed by atoms with Crippen LogP contribution in [0.2, 0.25) is 0 Å². The van der Waals surface area contributed by atoms with Crippen molar-refractivity contribution >= 4 is 0 Å². The number of fused-ring (bicyclic) bond motifs is 1. The number of hydrogen-bond donors (Lipinski definition) is 0. The van der Waals surface area contributed by atoms with E-state index in [1.165, 1.54) is 31.2 Å². The topological polar surface area (TPSA) is 3.88 Å². The maximum absolute atomic E-state index is 2.42. The van der Waals surface area contributed by atoms with E-state index in [0.717, 1.165) is 6.54 Å². The van der Waals surface area contributed by atoms with Gasteiger partial charge in [0.2, 0.25) is 0 Å². The summed E-state index contributed by atoms with van der Waals surface area (Å²) in [5, 5.41) is 0. The van der Waals surface area contributed by atoms with Gasteiger partial charge in [-0.05, 0) is 25.3 Å². The van der Waals surface area contributed by atoms with E-state index >= 15 is 0 Å². The van der Waals surface area contributed by atoms with Crippen molar-refractivity contribution in [2.24, 2.45) is 0 Å². The fraction of sp³-hybridized carbons (Fsp3) is 0.312. The van der Waals surface area contributed by atoms with Crippen LogP contribution in [0.5, 0.6) is 0 Å². The summed E-state index contributed by atoms with van der Waals surface area (Å²) >= 11 is 0. The van der Waals surface area contributed by atoms with Crippen LogP contribution in [0.4, 0.5) is 0 Å². The number of pyridine rings is 1. The van der Waals surface area contributed by atoms with Crippen molar-refractivity contribution in [1.82, 2.24) is 0 Å². The Balaban J connectivity index is 1.93. The molecule has 0 spiro atoms. The fourth-order valence-electron chi connectivity index (χ4n) is 2.70. The molecule has 0 unspecified atom stereocenters. The first kappa shape index (κ1) is 10.5. The summed E-state index contributed by atoms with van der Waals surface area (Å²) < 4.78 is 2.42. The van der Waals surface area contributed by atoms with Gasteiger partial charge in [0.25, 0.3) is 0 Å². The van der Waals surface area contributed by atoms with Crippen LogP contribution < -0.4 is 4.57 Å². The zero-order valence-corrected chi connectivity index (χ0v) is 10.1. The molecule has 2 aromatic rings. The average molecular weight is 224 g/mol. The molecule has 0 N–H and O–H groups in total. The van der Waals surface area contributed by atoms with Gasteiger partial charge in [0.05, 0.1) is 0 Å². The lowest BCUT2D eigenvalue weighted by atomic mass is 9.95. The number of nitrogens with zero attached hydrogens (tertiary/aromatic N) is 1. The summed E-state index contributed by atoms with van der Waals surface area (Å²) in [6.45, 7) is 1.00. The van der Waals surface area contributed by atoms with Gasteiger partial charge in [-0.1, -0.05) is 30.3 Å². The Hall–Kier alpha value is -1.63. The third-order valence-electron chi connectivity index (χ3n) is 3.59. The summed E-state index contributed by atoms with van der Waals surface area (Å²) in [7, 11) is 0. The first-order valence-corrected chi connectivity index (χ1v) is 6.47. The molecule has 0 aliphatic heterocycles. The van der Waals surface area contributed by atoms with Gasteiger partial charge in [0.15, 0.2) is 18.4 Å². The molecular weight excluding hydrogens is 206 g/mol. The number of hydrogen-bond acceptors (Lipinski definition) is 0. The first-order valence-electron chi connectivity index (χ1n) is 6.47. The Kier molecular flexibility index (Phi) is 2.91. The second-order valence-electron chi connectivity index (χ2n) is 4.80. The average Bonchev–Trinajstić information content (AvgIpc) is 2.40. The van der Waals surface area contributed by atoms with E-state index in [2.05, 4.69) is 53.2 Å². The molecule has 0 atom stereocenters. The van der Waals surface area contributed by atoms with Gasteiger partial charge >= 0.3 is 0 Å². The van der Waals surface area contributed by atoms with Crippen LogP contribution in [0.25, 0.3) is 0 Å². The predicted molar refractivity (Wildman–Crippen MR) is 68.8 cm³/mol. The maximum atomic E-state index is 2.42. The number of aromatic nitrogens is 1. The Morgan fingerprint density at radius 3 is 2.59 bits per heavy atom. The highest BCUT2D eigenvalue weighted by Crippen LogP contribution is 2.17. The largest absolute Gasteiger partial charge is 0.198 e. The fourth-order valence-corrected chi connectivity index (χ4v) is 2.70. The Morgan fingerprint density at radius 1 is 0.882 bits per heavy atom. The molecule has 0 fully saturated rings. The lowest BCUT2D eigenvalue weighted by Gasteiger charge is -2.13. The quantitative estimate of drug-likeness (QED) is 0.691. The number of rotatable bonds is 2. The van der Waals surface area contributed by atoms with Crippen molar-refractivity contribution in [3.05, 3.63) is 65.5 Å². The van der Waals surface area contributed by atoms with Crippen LogP contribution in [0.1, 0.15) is 29.7 Å². The van der Waals surface area contributed by atoms with Crippen LogP contribution in [0.3, 0.4) is 0 Å². The molecule has 3 rings (SSSR count). The summed E-state index contributed by atoms with van der Waals surface area (Å²) in [5.41, 5.74) is 4.48. The highest BCUT2D eigenvalue weighted by atomic mass is 15.0. The minimum absolute atomic E-state index is 1.00. The van der Waals surface area contributed by atoms with Gasteiger partial charge < -0.3 is 0 Å². The van der Waals surface area contributed by atoms with Crippen LogP contribution in [0.15, 0.2) is 48.7 Å². The standard InChI is InChI=1S/C16H18N/c1-2-7-14(8-3-1)13-17-12-6-10-15-9-4-5-11-16(15)17/h1-3,6-8,10,12H,4-5,9,11,13H2/q+1. The molecule has 1 nitrogen and oxygen atoms in total. The van der Waals surface area contributed by atoms with E-state index in [4.69, 9.17) is 0 Å². The molecular formula is C16H18N+. The minimum atomic E-state index is 1.00. The Morgan fingerprint density at radius 2 is 1.71 bits per heavy atom. The molecule has 0 radical (unpaired) electrons. The molecule has 1 aliphatic carbocycles. The normalized spacial score (nSPS) is 14.4. The predicted octanol–water partition coefficient (Wildman–Crippen LogP) is 2.90. The van der Waals surface area contributed by atoms with Gasteiger partial charge in [0, 0.05) is 23.6 Å². The van der Waals surface area contributed by atoms with E-state index in [9.17, 15) is 0 Å². The van der Waals surface area contributed by atoms with E-state index in [0.29, 0.717) is 0 Å². The summed E-state index contributed by atoms with van der Waals surface area (Å²) in [6.07, 6.45) is 7.40. The smallest absolute Gasteiger partial charge is 0.184 e. The third-order valence-corrected chi connectivity index (χ3v) is 3.59. The van der Waals surface area contributed by atoms with E-state index < -0.39 is 0 Å². The molecule has 0 saturated carbocycles. The summed E-state index contributed by atoms with van der Waals surface area (Å²) in [6, 6.07) is 15.2. The van der Waals surface area contributed by atoms with Crippen molar-refractivity contribution in [3.8, 4) is 0 Å². The lowest BCUT2D eigenvalue weighted by Crippen LogP contribution is -2.40. The van der Waals surface area contributed by atoms with E-state index in [-0.39, 0.29) is 0 Å². The molecule has 0 amide bonds. The molecule has 1 heteroatoms. The molecule has 17 heavy (non-hydrogen) atoms. The SMILES string of the molecule is c1ccc(C[n+]2cccc3c2CCCC3)cc1. The minimum Gasteiger partial charge on any atom is -0.198 e. The number of benzene rings is 1. The lowest BCUT2D eigenvalue weighted by molar-refractivity contribution is -0.696. The molecule has 1 aliphatic rings. The zero-order valence-electron chi connectivity index (χ0n) is 10.1. The molecule has 0 bridgehead atoms. The van der Waals surface area contributed by atoms with Gasteiger partial charge in [-0.25, -0.2) is 0 Å². The van der Waals surface area contributed by atoms with Crippen molar-refractivity contribution < 1.29 is 4.57 Å². The molecule has 1 aromatic carbocycles. The molecule has 86 valence electrons. The van der Waals surface area contributed by atoms with Crippen molar-refractivity contribution in [3.63, 3.8) is 0 Å². The molecule has 1 aromatic heterocycles. The van der Waals surface area contributed by atoms with Crippen molar-refractivity contribution in [2.45, 2.75) is 32.2 Å². The van der Waals surface area contributed by atoms with Gasteiger partial charge in [-0.3, -0.25) is 0 Å². The van der Waals surface area contributed by atoms with Crippen molar-refractivity contribution in [2.75, 3.05) is 0 Å². The maximum Gasteiger partial charge on any atom is 0.184 e. The van der Waals surface area contributed by atoms with Crippen LogP contribution >= 0.6 is 0 Å². The highest BCUT2D eigenvalue weighted by molar-refractivity contribution is 5.19. The van der Waals surface area contributed by atoms with E-state index in [1.54, 1.807) is 11.3 Å². The summed E-state index contributed by atoms with van der Waals surface area (Å²) in [4.78, 5) is 0. The molecule has 1 heterocycles. The zero-order chi connectivity index (χ0) is 11.5. The number of aryl methyl sites for hydroxylation is 1. The van der Waals surface area contributed by atoms with Crippen molar-refractivity contribution in [1.29, 1.82) is 0 Å². The first-order chi connectivity index (χ1) is 8.43. The van der Waals surface area contributed by atoms with Crippen LogP contribution in [-0.2, 0) is 19.4 Å². The highest BCUT2D eigenvalue weighted by Gasteiger charge is 2.19. The third kappa shape index (κ3) is 2.23. The van der Waals surface area contributed by atoms with Gasteiger partial charge in [0.1, 0.15) is 0 Å². The van der Waals surface area contributed by atoms with Crippen LogP contribution in [0, 0.1) is 0 Å². The second kappa shape index (κ2) is 4.70. The van der Waals surface area contributed by atoms with Gasteiger partial charge in [-0.15, -0.1) is 0 Å². The van der Waals surface area contributed by atoms with E-state index in [1.807, 2.05) is 0 Å². The Bertz CT molecular complexity index is 502. The Labute approximate surface area is 103 Å².